The van der Waals surface area contributed by atoms with Gasteiger partial charge in [-0.3, -0.25) is 4.79 Å². The summed E-state index contributed by atoms with van der Waals surface area (Å²) in [4.78, 5) is 17.2. The van der Waals surface area contributed by atoms with E-state index in [9.17, 15) is 4.79 Å². The quantitative estimate of drug-likeness (QED) is 0.420. The molecule has 0 radical (unpaired) electrons. The van der Waals surface area contributed by atoms with Crippen LogP contribution in [0.15, 0.2) is 77.4 Å². The minimum Gasteiger partial charge on any atom is -0.493 e. The number of aryl methyl sites for hydroxylation is 1. The molecule has 1 amide bonds. The predicted octanol–water partition coefficient (Wildman–Crippen LogP) is 5.52. The summed E-state index contributed by atoms with van der Waals surface area (Å²) in [6.45, 7) is 2.04. The number of hydrogen-bond donors (Lipinski definition) is 1. The number of carbonyl (C=O) groups is 1. The molecule has 0 unspecified atom stereocenters. The first-order chi connectivity index (χ1) is 15.6. The maximum absolute atomic E-state index is 12.6. The molecule has 0 saturated heterocycles. The van der Waals surface area contributed by atoms with Crippen LogP contribution in [-0.2, 0) is 11.2 Å². The molecule has 0 fully saturated rings. The van der Waals surface area contributed by atoms with Gasteiger partial charge in [-0.15, -0.1) is 0 Å². The van der Waals surface area contributed by atoms with Crippen LogP contribution < -0.4 is 14.8 Å². The number of rotatable bonds is 7. The number of methoxy groups -OCH3 is 2. The van der Waals surface area contributed by atoms with Gasteiger partial charge in [-0.1, -0.05) is 42.0 Å². The van der Waals surface area contributed by atoms with Gasteiger partial charge in [0.25, 0.3) is 0 Å². The fourth-order valence-corrected chi connectivity index (χ4v) is 3.37. The molecule has 162 valence electrons. The average molecular weight is 428 g/mol. The minimum absolute atomic E-state index is 0.137. The highest BCUT2D eigenvalue weighted by atomic mass is 16.5. The Balaban J connectivity index is 1.46. The predicted molar refractivity (Wildman–Crippen MR) is 124 cm³/mol. The summed E-state index contributed by atoms with van der Waals surface area (Å²) >= 11 is 0. The Hall–Kier alpha value is -4.06. The molecule has 4 rings (SSSR count). The van der Waals surface area contributed by atoms with Gasteiger partial charge in [0.15, 0.2) is 11.5 Å². The van der Waals surface area contributed by atoms with Crippen LogP contribution >= 0.6 is 0 Å². The van der Waals surface area contributed by atoms with E-state index in [0.717, 1.165) is 22.4 Å². The molecule has 1 aromatic heterocycles. The molecule has 0 aliphatic rings. The van der Waals surface area contributed by atoms with Gasteiger partial charge in [0.2, 0.25) is 11.8 Å². The zero-order valence-electron chi connectivity index (χ0n) is 18.2. The lowest BCUT2D eigenvalue weighted by Gasteiger charge is -2.10. The number of nitrogens with one attached hydrogen (secondary N) is 1. The molecule has 6 heteroatoms. The molecule has 0 saturated carbocycles. The molecule has 0 spiro atoms. The van der Waals surface area contributed by atoms with Gasteiger partial charge in [-0.2, -0.15) is 0 Å². The standard InChI is InChI=1S/C26H24N2O4/c1-17-7-10-19(11-8-17)22-16-32-26(28-22)20-5-4-6-21(15-20)27-25(29)14-18-9-12-23(30-2)24(13-18)31-3/h4-13,15-16H,14H2,1-3H3,(H,27,29). The molecule has 1 heterocycles. The summed E-state index contributed by atoms with van der Waals surface area (Å²) in [6, 6.07) is 21.0. The van der Waals surface area contributed by atoms with Gasteiger partial charge in [-0.25, -0.2) is 4.98 Å². The molecule has 0 aliphatic carbocycles. The van der Waals surface area contributed by atoms with Crippen molar-refractivity contribution in [2.45, 2.75) is 13.3 Å². The summed E-state index contributed by atoms with van der Waals surface area (Å²) in [5.41, 5.74) is 5.23. The number of carbonyl (C=O) groups excluding carboxylic acids is 1. The van der Waals surface area contributed by atoms with Crippen LogP contribution in [-0.4, -0.2) is 25.1 Å². The monoisotopic (exact) mass is 428 g/mol. The molecule has 1 N–H and O–H groups in total. The summed E-state index contributed by atoms with van der Waals surface area (Å²) in [5.74, 6) is 1.58. The normalized spacial score (nSPS) is 10.6. The van der Waals surface area contributed by atoms with Crippen LogP contribution in [0.5, 0.6) is 11.5 Å². The zero-order chi connectivity index (χ0) is 22.5. The number of anilines is 1. The zero-order valence-corrected chi connectivity index (χ0v) is 18.2. The molecule has 0 aliphatic heterocycles. The molecular weight excluding hydrogens is 404 g/mol. The SMILES string of the molecule is COc1ccc(CC(=O)Nc2cccc(-c3nc(-c4ccc(C)cc4)co3)c2)cc1OC. The second-order valence-corrected chi connectivity index (χ2v) is 7.40. The summed E-state index contributed by atoms with van der Waals surface area (Å²) in [7, 11) is 3.15. The fourth-order valence-electron chi connectivity index (χ4n) is 3.37. The van der Waals surface area contributed by atoms with Crippen LogP contribution in [0.1, 0.15) is 11.1 Å². The lowest BCUT2D eigenvalue weighted by Crippen LogP contribution is -2.14. The van der Waals surface area contributed by atoms with Crippen molar-refractivity contribution in [1.29, 1.82) is 0 Å². The second kappa shape index (κ2) is 9.39. The van der Waals surface area contributed by atoms with E-state index in [-0.39, 0.29) is 12.3 Å². The molecule has 6 nitrogen and oxygen atoms in total. The Morgan fingerprint density at radius 1 is 0.938 bits per heavy atom. The first-order valence-electron chi connectivity index (χ1n) is 10.2. The third-order valence-electron chi connectivity index (χ3n) is 5.06. The highest BCUT2D eigenvalue weighted by molar-refractivity contribution is 5.93. The summed E-state index contributed by atoms with van der Waals surface area (Å²) in [6.07, 6.45) is 1.85. The third kappa shape index (κ3) is 4.81. The van der Waals surface area contributed by atoms with Crippen molar-refractivity contribution in [1.82, 2.24) is 4.98 Å². The topological polar surface area (TPSA) is 73.6 Å². The number of amides is 1. The van der Waals surface area contributed by atoms with Gasteiger partial charge in [0.1, 0.15) is 12.0 Å². The van der Waals surface area contributed by atoms with E-state index in [1.54, 1.807) is 32.6 Å². The number of ether oxygens (including phenoxy) is 2. The molecular formula is C26H24N2O4. The Morgan fingerprint density at radius 2 is 1.72 bits per heavy atom. The van der Waals surface area contributed by atoms with E-state index in [1.165, 1.54) is 5.56 Å². The van der Waals surface area contributed by atoms with E-state index in [0.29, 0.717) is 23.1 Å². The van der Waals surface area contributed by atoms with Crippen LogP contribution in [0.25, 0.3) is 22.7 Å². The van der Waals surface area contributed by atoms with Crippen molar-refractivity contribution < 1.29 is 18.7 Å². The fraction of sp³-hybridized carbons (Fsp3) is 0.154. The van der Waals surface area contributed by atoms with Gasteiger partial charge in [-0.05, 0) is 42.8 Å². The van der Waals surface area contributed by atoms with Crippen LogP contribution in [0.4, 0.5) is 5.69 Å². The Labute approximate surface area is 186 Å². The van der Waals surface area contributed by atoms with E-state index in [2.05, 4.69) is 10.3 Å². The van der Waals surface area contributed by atoms with Crippen molar-refractivity contribution in [3.63, 3.8) is 0 Å². The average Bonchev–Trinajstić information content (AvgIpc) is 3.30. The number of benzene rings is 3. The molecule has 0 bridgehead atoms. The largest absolute Gasteiger partial charge is 0.493 e. The van der Waals surface area contributed by atoms with Gasteiger partial charge < -0.3 is 19.2 Å². The second-order valence-electron chi connectivity index (χ2n) is 7.40. The lowest BCUT2D eigenvalue weighted by atomic mass is 10.1. The number of hydrogen-bond acceptors (Lipinski definition) is 5. The van der Waals surface area contributed by atoms with Crippen LogP contribution in [0, 0.1) is 6.92 Å². The third-order valence-corrected chi connectivity index (χ3v) is 5.06. The van der Waals surface area contributed by atoms with Crippen molar-refractivity contribution in [3.05, 3.63) is 84.1 Å². The summed E-state index contributed by atoms with van der Waals surface area (Å²) in [5, 5.41) is 2.93. The Bertz CT molecular complexity index is 1230. The van der Waals surface area contributed by atoms with Crippen molar-refractivity contribution in [3.8, 4) is 34.2 Å². The smallest absolute Gasteiger partial charge is 0.228 e. The minimum atomic E-state index is -0.137. The number of aromatic nitrogens is 1. The molecule has 32 heavy (non-hydrogen) atoms. The van der Waals surface area contributed by atoms with Crippen LogP contribution in [0.2, 0.25) is 0 Å². The van der Waals surface area contributed by atoms with Crippen molar-refractivity contribution >= 4 is 11.6 Å². The van der Waals surface area contributed by atoms with E-state index in [4.69, 9.17) is 13.9 Å². The lowest BCUT2D eigenvalue weighted by molar-refractivity contribution is -0.115. The van der Waals surface area contributed by atoms with E-state index in [1.807, 2.05) is 61.5 Å². The van der Waals surface area contributed by atoms with Crippen molar-refractivity contribution in [2.24, 2.45) is 0 Å². The molecule has 4 aromatic rings. The molecule has 0 atom stereocenters. The van der Waals surface area contributed by atoms with Gasteiger partial charge >= 0.3 is 0 Å². The van der Waals surface area contributed by atoms with E-state index >= 15 is 0 Å². The van der Waals surface area contributed by atoms with Gasteiger partial charge in [0.05, 0.1) is 20.6 Å². The first kappa shape index (κ1) is 21.2. The van der Waals surface area contributed by atoms with Crippen LogP contribution in [0.3, 0.4) is 0 Å². The Morgan fingerprint density at radius 3 is 2.47 bits per heavy atom. The Kier molecular flexibility index (Phi) is 6.22. The molecule has 3 aromatic carbocycles. The number of nitrogens with zero attached hydrogens (tertiary/aromatic N) is 1. The number of oxazole rings is 1. The van der Waals surface area contributed by atoms with E-state index < -0.39 is 0 Å². The highest BCUT2D eigenvalue weighted by Crippen LogP contribution is 2.29. The van der Waals surface area contributed by atoms with Gasteiger partial charge in [0, 0.05) is 16.8 Å². The van der Waals surface area contributed by atoms with Crippen molar-refractivity contribution in [2.75, 3.05) is 19.5 Å². The highest BCUT2D eigenvalue weighted by Gasteiger charge is 2.12. The first-order valence-corrected chi connectivity index (χ1v) is 10.2. The maximum atomic E-state index is 12.6. The summed E-state index contributed by atoms with van der Waals surface area (Å²) < 4.78 is 16.2. The maximum Gasteiger partial charge on any atom is 0.228 e.